The van der Waals surface area contributed by atoms with Crippen LogP contribution in [-0.4, -0.2) is 28.8 Å². The van der Waals surface area contributed by atoms with E-state index < -0.39 is 17.7 Å². The van der Waals surface area contributed by atoms with E-state index >= 15 is 0 Å². The largest absolute Gasteiger partial charge is 0.478 e. The number of ether oxygens (including phenoxy) is 1. The molecule has 0 spiro atoms. The molecule has 1 amide bonds. The number of carboxylic acid groups (broad SMARTS) is 1. The summed E-state index contributed by atoms with van der Waals surface area (Å²) in [5.74, 6) is -0.927. The predicted molar refractivity (Wildman–Crippen MR) is 83.2 cm³/mol. The van der Waals surface area contributed by atoms with Crippen LogP contribution in [0.25, 0.3) is 0 Å². The van der Waals surface area contributed by atoms with Gasteiger partial charge in [0.2, 0.25) is 0 Å². The van der Waals surface area contributed by atoms with Crippen LogP contribution in [0.15, 0.2) is 18.2 Å². The SMILES string of the molecule is CC(C)(C)OC(=O)NC1CCCc2ccc(C(=O)O)cc2C1. The molecule has 0 bridgehead atoms. The summed E-state index contributed by atoms with van der Waals surface area (Å²) in [5.41, 5.74) is 1.93. The van der Waals surface area contributed by atoms with Gasteiger partial charge in [-0.15, -0.1) is 0 Å². The Hall–Kier alpha value is -2.04. The minimum atomic E-state index is -0.927. The number of hydrogen-bond acceptors (Lipinski definition) is 3. The highest BCUT2D eigenvalue weighted by Gasteiger charge is 2.22. The Morgan fingerprint density at radius 3 is 2.64 bits per heavy atom. The van der Waals surface area contributed by atoms with Crippen molar-refractivity contribution in [3.05, 3.63) is 34.9 Å². The molecule has 1 aromatic carbocycles. The van der Waals surface area contributed by atoms with Gasteiger partial charge in [-0.2, -0.15) is 0 Å². The highest BCUT2D eigenvalue weighted by Crippen LogP contribution is 2.22. The first-order chi connectivity index (χ1) is 10.2. The molecular weight excluding hydrogens is 282 g/mol. The zero-order valence-corrected chi connectivity index (χ0v) is 13.3. The summed E-state index contributed by atoms with van der Waals surface area (Å²) in [6, 6.07) is 5.21. The van der Waals surface area contributed by atoms with Gasteiger partial charge in [0, 0.05) is 6.04 Å². The second-order valence-corrected chi connectivity index (χ2v) is 6.73. The van der Waals surface area contributed by atoms with E-state index in [-0.39, 0.29) is 11.6 Å². The predicted octanol–water partition coefficient (Wildman–Crippen LogP) is 3.16. The van der Waals surface area contributed by atoms with E-state index in [4.69, 9.17) is 9.84 Å². The zero-order chi connectivity index (χ0) is 16.3. The fourth-order valence-corrected chi connectivity index (χ4v) is 2.70. The summed E-state index contributed by atoms with van der Waals surface area (Å²) in [6.07, 6.45) is 2.93. The molecule has 0 heterocycles. The lowest BCUT2D eigenvalue weighted by Gasteiger charge is -2.23. The Kier molecular flexibility index (Phi) is 4.74. The summed E-state index contributed by atoms with van der Waals surface area (Å²) in [5, 5.41) is 12.0. The van der Waals surface area contributed by atoms with Crippen molar-refractivity contribution in [2.24, 2.45) is 0 Å². The molecule has 0 radical (unpaired) electrons. The van der Waals surface area contributed by atoms with Gasteiger partial charge in [0.25, 0.3) is 0 Å². The molecule has 0 saturated heterocycles. The summed E-state index contributed by atoms with van der Waals surface area (Å²) < 4.78 is 5.29. The number of benzene rings is 1. The topological polar surface area (TPSA) is 75.6 Å². The number of fused-ring (bicyclic) bond motifs is 1. The van der Waals surface area contributed by atoms with Gasteiger partial charge in [-0.1, -0.05) is 6.07 Å². The first-order valence-electron chi connectivity index (χ1n) is 7.59. The number of carbonyl (C=O) groups excluding carboxylic acids is 1. The Balaban J connectivity index is 2.09. The molecule has 1 unspecified atom stereocenters. The molecule has 1 aromatic rings. The lowest BCUT2D eigenvalue weighted by atomic mass is 9.99. The van der Waals surface area contributed by atoms with Gasteiger partial charge in [0.15, 0.2) is 0 Å². The fourth-order valence-electron chi connectivity index (χ4n) is 2.70. The molecule has 22 heavy (non-hydrogen) atoms. The van der Waals surface area contributed by atoms with Crippen LogP contribution in [0.1, 0.15) is 55.1 Å². The molecule has 0 fully saturated rings. The minimum Gasteiger partial charge on any atom is -0.478 e. The Morgan fingerprint density at radius 1 is 1.27 bits per heavy atom. The normalized spacial score (nSPS) is 18.0. The third kappa shape index (κ3) is 4.48. The van der Waals surface area contributed by atoms with Crippen molar-refractivity contribution >= 4 is 12.1 Å². The molecule has 0 aliphatic heterocycles. The number of aromatic carboxylic acids is 1. The standard InChI is InChI=1S/C17H23NO4/c1-17(2,3)22-16(21)18-14-6-4-5-11-7-8-12(15(19)20)9-13(11)10-14/h7-9,14H,4-6,10H2,1-3H3,(H,18,21)(H,19,20). The summed E-state index contributed by atoms with van der Waals surface area (Å²) in [7, 11) is 0. The number of rotatable bonds is 2. The summed E-state index contributed by atoms with van der Waals surface area (Å²) in [4.78, 5) is 23.0. The van der Waals surface area contributed by atoms with Crippen molar-refractivity contribution in [2.75, 3.05) is 0 Å². The Morgan fingerprint density at radius 2 is 2.00 bits per heavy atom. The van der Waals surface area contributed by atoms with Gasteiger partial charge in [0.1, 0.15) is 5.60 Å². The lowest BCUT2D eigenvalue weighted by molar-refractivity contribution is 0.0501. The molecular formula is C17H23NO4. The number of aryl methyl sites for hydroxylation is 1. The van der Waals surface area contributed by atoms with Crippen molar-refractivity contribution in [2.45, 2.75) is 58.1 Å². The molecule has 1 atom stereocenters. The first kappa shape index (κ1) is 16.3. The van der Waals surface area contributed by atoms with Gasteiger partial charge in [-0.3, -0.25) is 0 Å². The highest BCUT2D eigenvalue weighted by atomic mass is 16.6. The van der Waals surface area contributed by atoms with Crippen LogP contribution in [0.4, 0.5) is 4.79 Å². The quantitative estimate of drug-likeness (QED) is 0.823. The van der Waals surface area contributed by atoms with E-state index in [1.165, 1.54) is 5.56 Å². The van der Waals surface area contributed by atoms with Crippen LogP contribution >= 0.6 is 0 Å². The van der Waals surface area contributed by atoms with Crippen LogP contribution in [0.3, 0.4) is 0 Å². The molecule has 120 valence electrons. The smallest absolute Gasteiger partial charge is 0.407 e. The van der Waals surface area contributed by atoms with Gasteiger partial charge in [-0.25, -0.2) is 9.59 Å². The average Bonchev–Trinajstić information content (AvgIpc) is 2.56. The van der Waals surface area contributed by atoms with Gasteiger partial charge in [-0.05, 0) is 69.7 Å². The zero-order valence-electron chi connectivity index (χ0n) is 13.3. The van der Waals surface area contributed by atoms with E-state index in [0.29, 0.717) is 6.42 Å². The number of alkyl carbamates (subject to hydrolysis) is 1. The maximum absolute atomic E-state index is 11.9. The second kappa shape index (κ2) is 6.38. The number of amides is 1. The molecule has 0 aromatic heterocycles. The Labute approximate surface area is 130 Å². The second-order valence-electron chi connectivity index (χ2n) is 6.73. The van der Waals surface area contributed by atoms with Crippen LogP contribution in [-0.2, 0) is 17.6 Å². The minimum absolute atomic E-state index is 0.0276. The van der Waals surface area contributed by atoms with E-state index in [1.54, 1.807) is 12.1 Å². The average molecular weight is 305 g/mol. The van der Waals surface area contributed by atoms with Crippen molar-refractivity contribution < 1.29 is 19.4 Å². The van der Waals surface area contributed by atoms with Gasteiger partial charge in [0.05, 0.1) is 5.56 Å². The van der Waals surface area contributed by atoms with E-state index in [0.717, 1.165) is 24.8 Å². The van der Waals surface area contributed by atoms with Crippen molar-refractivity contribution in [3.8, 4) is 0 Å². The number of carboxylic acids is 1. The highest BCUT2D eigenvalue weighted by molar-refractivity contribution is 5.87. The van der Waals surface area contributed by atoms with Crippen molar-refractivity contribution in [3.63, 3.8) is 0 Å². The number of hydrogen-bond donors (Lipinski definition) is 2. The molecule has 2 rings (SSSR count). The molecule has 1 aliphatic rings. The summed E-state index contributed by atoms with van der Waals surface area (Å²) in [6.45, 7) is 5.48. The fraction of sp³-hybridized carbons (Fsp3) is 0.529. The molecule has 2 N–H and O–H groups in total. The van der Waals surface area contributed by atoms with E-state index in [9.17, 15) is 9.59 Å². The van der Waals surface area contributed by atoms with Crippen molar-refractivity contribution in [1.29, 1.82) is 0 Å². The van der Waals surface area contributed by atoms with Crippen LogP contribution < -0.4 is 5.32 Å². The Bertz CT molecular complexity index is 575. The molecule has 5 nitrogen and oxygen atoms in total. The van der Waals surface area contributed by atoms with Gasteiger partial charge >= 0.3 is 12.1 Å². The summed E-state index contributed by atoms with van der Waals surface area (Å²) >= 11 is 0. The third-order valence-corrected chi connectivity index (χ3v) is 3.64. The molecule has 5 heteroatoms. The maximum Gasteiger partial charge on any atom is 0.407 e. The van der Waals surface area contributed by atoms with Crippen LogP contribution in [0.5, 0.6) is 0 Å². The molecule has 1 aliphatic carbocycles. The third-order valence-electron chi connectivity index (χ3n) is 3.64. The maximum atomic E-state index is 11.9. The number of carbonyl (C=O) groups is 2. The van der Waals surface area contributed by atoms with Gasteiger partial charge < -0.3 is 15.2 Å². The first-order valence-corrected chi connectivity index (χ1v) is 7.59. The van der Waals surface area contributed by atoms with Crippen molar-refractivity contribution in [1.82, 2.24) is 5.32 Å². The van der Waals surface area contributed by atoms with Crippen LogP contribution in [0.2, 0.25) is 0 Å². The van der Waals surface area contributed by atoms with E-state index in [2.05, 4.69) is 5.32 Å². The number of nitrogens with one attached hydrogen (secondary N) is 1. The lowest BCUT2D eigenvalue weighted by Crippen LogP contribution is -2.40. The van der Waals surface area contributed by atoms with E-state index in [1.807, 2.05) is 26.8 Å². The monoisotopic (exact) mass is 305 g/mol. The van der Waals surface area contributed by atoms with Crippen LogP contribution in [0, 0.1) is 0 Å². The molecule has 0 saturated carbocycles.